The minimum atomic E-state index is -0.340. The highest BCUT2D eigenvalue weighted by molar-refractivity contribution is 6.30. The van der Waals surface area contributed by atoms with Crippen molar-refractivity contribution in [2.24, 2.45) is 11.1 Å². The third-order valence-electron chi connectivity index (χ3n) is 5.58. The maximum absolute atomic E-state index is 13.3. The largest absolute Gasteiger partial charge is 0.362 e. The smallest absolute Gasteiger partial charge is 0.142 e. The quantitative estimate of drug-likeness (QED) is 0.420. The fourth-order valence-electron chi connectivity index (χ4n) is 3.92. The molecule has 3 rings (SSSR count). The maximum atomic E-state index is 13.3. The van der Waals surface area contributed by atoms with Crippen LogP contribution in [0.5, 0.6) is 0 Å². The van der Waals surface area contributed by atoms with E-state index in [1.807, 2.05) is 6.07 Å². The Kier molecular flexibility index (Phi) is 11.2. The predicted molar refractivity (Wildman–Crippen MR) is 127 cm³/mol. The molecule has 2 nitrogen and oxygen atoms in total. The molecule has 30 heavy (non-hydrogen) atoms. The molecule has 0 bridgehead atoms. The molecule has 1 aliphatic carbocycles. The molecule has 1 saturated carbocycles. The fraction of sp³-hybridized carbons (Fsp3) is 0.577. The lowest BCUT2D eigenvalue weighted by Crippen LogP contribution is -2.15. The number of fused-ring (bicyclic) bond motifs is 1. The number of benzene rings is 1. The van der Waals surface area contributed by atoms with E-state index < -0.39 is 0 Å². The summed E-state index contributed by atoms with van der Waals surface area (Å²) in [7, 11) is 0. The summed E-state index contributed by atoms with van der Waals surface area (Å²) in [6, 6.07) is 5.01. The van der Waals surface area contributed by atoms with Gasteiger partial charge in [-0.3, -0.25) is 0 Å². The van der Waals surface area contributed by atoms with Gasteiger partial charge in [-0.15, -0.1) is 0 Å². The fourth-order valence-corrected chi connectivity index (χ4v) is 4.04. The second kappa shape index (κ2) is 13.6. The van der Waals surface area contributed by atoms with Crippen molar-refractivity contribution >= 4 is 22.9 Å². The van der Waals surface area contributed by atoms with Crippen molar-refractivity contribution < 1.29 is 9.23 Å². The Morgan fingerprint density at radius 1 is 1.20 bits per heavy atom. The highest BCUT2D eigenvalue weighted by Crippen LogP contribution is 2.28. The highest BCUT2D eigenvalue weighted by atomic mass is 35.5. The van der Waals surface area contributed by atoms with Gasteiger partial charge in [0, 0.05) is 12.3 Å². The molecular formula is C26H37ClFNO. The lowest BCUT2D eigenvalue weighted by Gasteiger charge is -2.19. The Morgan fingerprint density at radius 2 is 2.03 bits per heavy atom. The van der Waals surface area contributed by atoms with Crippen LogP contribution in [0.1, 0.15) is 97.0 Å². The summed E-state index contributed by atoms with van der Waals surface area (Å²) < 4.78 is 13.3. The summed E-state index contributed by atoms with van der Waals surface area (Å²) in [5.74, 6) is 1.35. The van der Waals surface area contributed by atoms with Gasteiger partial charge in [-0.1, -0.05) is 75.4 Å². The van der Waals surface area contributed by atoms with E-state index in [1.54, 1.807) is 6.07 Å². The SMILES string of the molecule is CC/C=C(\CCC)c1ccc(Cl)c(F)c1.CCCCC1=CC2CCCCCC2=NO1. The van der Waals surface area contributed by atoms with E-state index in [1.165, 1.54) is 55.9 Å². The summed E-state index contributed by atoms with van der Waals surface area (Å²) in [6.45, 7) is 6.42. The Bertz CT molecular complexity index is 753. The lowest BCUT2D eigenvalue weighted by molar-refractivity contribution is 0.202. The molecule has 0 N–H and O–H groups in total. The van der Waals surface area contributed by atoms with Crippen LogP contribution in [-0.2, 0) is 4.84 Å². The number of nitrogens with zero attached hydrogens (tertiary/aromatic N) is 1. The molecule has 1 unspecified atom stereocenters. The topological polar surface area (TPSA) is 21.6 Å². The average Bonchev–Trinajstić information content (AvgIpc) is 2.99. The van der Waals surface area contributed by atoms with Gasteiger partial charge in [0.25, 0.3) is 0 Å². The van der Waals surface area contributed by atoms with E-state index in [4.69, 9.17) is 16.4 Å². The van der Waals surface area contributed by atoms with Crippen LogP contribution in [0.3, 0.4) is 0 Å². The zero-order valence-electron chi connectivity index (χ0n) is 18.9. The Balaban J connectivity index is 0.000000214. The number of unbranched alkanes of at least 4 members (excludes halogenated alkanes) is 1. The highest BCUT2D eigenvalue weighted by Gasteiger charge is 2.22. The molecule has 1 heterocycles. The standard InChI is InChI=1S/C13H16ClF.C13H21NO/c1-3-5-10(6-4-2)11-7-8-12(14)13(15)9-11;1-2-3-8-12-10-11-7-5-4-6-9-13(11)14-15-12/h5,7-9H,3-4,6H2,1-2H3;10-11H,2-9H2,1H3/b10-5+;. The van der Waals surface area contributed by atoms with Crippen LogP contribution in [0.15, 0.2) is 41.3 Å². The van der Waals surface area contributed by atoms with Gasteiger partial charge >= 0.3 is 0 Å². The number of halogens is 2. The first-order valence-corrected chi connectivity index (χ1v) is 12.1. The van der Waals surface area contributed by atoms with Crippen molar-refractivity contribution in [2.75, 3.05) is 0 Å². The summed E-state index contributed by atoms with van der Waals surface area (Å²) in [6.07, 6.45) is 17.4. The van der Waals surface area contributed by atoms with E-state index in [0.717, 1.165) is 43.4 Å². The van der Waals surface area contributed by atoms with Gasteiger partial charge in [0.2, 0.25) is 0 Å². The number of rotatable bonds is 7. The molecule has 0 aromatic heterocycles. The molecule has 166 valence electrons. The van der Waals surface area contributed by atoms with Crippen LogP contribution in [0.4, 0.5) is 4.39 Å². The van der Waals surface area contributed by atoms with Crippen molar-refractivity contribution in [3.63, 3.8) is 0 Å². The summed E-state index contributed by atoms with van der Waals surface area (Å²) >= 11 is 5.65. The molecule has 1 atom stereocenters. The number of allylic oxidation sites excluding steroid dienone is 4. The first-order valence-electron chi connectivity index (χ1n) is 11.7. The van der Waals surface area contributed by atoms with Gasteiger partial charge in [-0.25, -0.2) is 4.39 Å². The van der Waals surface area contributed by atoms with Crippen LogP contribution in [-0.4, -0.2) is 5.71 Å². The molecule has 2 aliphatic rings. The Morgan fingerprint density at radius 3 is 2.73 bits per heavy atom. The first-order chi connectivity index (χ1) is 14.6. The Hall–Kier alpha value is -1.61. The predicted octanol–water partition coefficient (Wildman–Crippen LogP) is 9.10. The average molecular weight is 434 g/mol. The maximum Gasteiger partial charge on any atom is 0.142 e. The van der Waals surface area contributed by atoms with Crippen LogP contribution in [0, 0.1) is 11.7 Å². The molecule has 0 radical (unpaired) electrons. The van der Waals surface area contributed by atoms with Gasteiger partial charge in [0.05, 0.1) is 10.7 Å². The van der Waals surface area contributed by atoms with E-state index in [9.17, 15) is 4.39 Å². The lowest BCUT2D eigenvalue weighted by atomic mass is 9.96. The minimum absolute atomic E-state index is 0.186. The van der Waals surface area contributed by atoms with Crippen molar-refractivity contribution in [3.8, 4) is 0 Å². The van der Waals surface area contributed by atoms with Crippen molar-refractivity contribution in [1.82, 2.24) is 0 Å². The molecule has 1 fully saturated rings. The van der Waals surface area contributed by atoms with Gasteiger partial charge in [-0.2, -0.15) is 0 Å². The van der Waals surface area contributed by atoms with Gasteiger partial charge in [0.15, 0.2) is 0 Å². The van der Waals surface area contributed by atoms with Crippen LogP contribution in [0.25, 0.3) is 5.57 Å². The second-order valence-electron chi connectivity index (χ2n) is 8.13. The van der Waals surface area contributed by atoms with E-state index in [-0.39, 0.29) is 10.8 Å². The van der Waals surface area contributed by atoms with Crippen molar-refractivity contribution in [3.05, 3.63) is 52.5 Å². The monoisotopic (exact) mass is 433 g/mol. The van der Waals surface area contributed by atoms with Crippen molar-refractivity contribution in [2.45, 2.75) is 91.4 Å². The molecule has 1 aliphatic heterocycles. The number of hydrogen-bond acceptors (Lipinski definition) is 2. The first kappa shape index (κ1) is 24.7. The van der Waals surface area contributed by atoms with E-state index in [0.29, 0.717) is 5.92 Å². The minimum Gasteiger partial charge on any atom is -0.362 e. The van der Waals surface area contributed by atoms with Crippen LogP contribution in [0.2, 0.25) is 5.02 Å². The third-order valence-corrected chi connectivity index (χ3v) is 5.89. The molecule has 0 amide bonds. The van der Waals surface area contributed by atoms with Crippen LogP contribution < -0.4 is 0 Å². The Labute approximate surface area is 187 Å². The van der Waals surface area contributed by atoms with Crippen LogP contribution >= 0.6 is 11.6 Å². The third kappa shape index (κ3) is 7.91. The van der Waals surface area contributed by atoms with E-state index >= 15 is 0 Å². The normalized spacial score (nSPS) is 18.8. The molecule has 4 heteroatoms. The molecule has 1 aromatic rings. The summed E-state index contributed by atoms with van der Waals surface area (Å²) in [4.78, 5) is 5.45. The zero-order valence-corrected chi connectivity index (χ0v) is 19.6. The van der Waals surface area contributed by atoms with Crippen molar-refractivity contribution in [1.29, 1.82) is 0 Å². The zero-order chi connectivity index (χ0) is 21.8. The summed E-state index contributed by atoms with van der Waals surface area (Å²) in [5, 5.41) is 4.48. The second-order valence-corrected chi connectivity index (χ2v) is 8.54. The molecule has 1 aromatic carbocycles. The molecule has 0 saturated heterocycles. The molecule has 0 spiro atoms. The van der Waals surface area contributed by atoms with Gasteiger partial charge < -0.3 is 4.84 Å². The van der Waals surface area contributed by atoms with Gasteiger partial charge in [0.1, 0.15) is 11.6 Å². The van der Waals surface area contributed by atoms with Gasteiger partial charge in [-0.05, 0) is 67.9 Å². The van der Waals surface area contributed by atoms with E-state index in [2.05, 4.69) is 38.1 Å². The summed E-state index contributed by atoms with van der Waals surface area (Å²) in [5.41, 5.74) is 3.43. The molecular weight excluding hydrogens is 397 g/mol. The number of hydrogen-bond donors (Lipinski definition) is 0. The number of oxime groups is 1.